The van der Waals surface area contributed by atoms with E-state index in [1.165, 1.54) is 18.2 Å². The van der Waals surface area contributed by atoms with Gasteiger partial charge < -0.3 is 9.80 Å². The van der Waals surface area contributed by atoms with Crippen molar-refractivity contribution in [2.24, 2.45) is 0 Å². The van der Waals surface area contributed by atoms with Crippen molar-refractivity contribution in [3.05, 3.63) is 66.9 Å². The van der Waals surface area contributed by atoms with Crippen LogP contribution in [0.4, 0.5) is 5.82 Å². The van der Waals surface area contributed by atoms with Gasteiger partial charge in [0.1, 0.15) is 5.82 Å². The number of sulfonamides is 1. The zero-order valence-electron chi connectivity index (χ0n) is 14.9. The molecule has 0 atom stereocenters. The minimum absolute atomic E-state index is 0.0716. The summed E-state index contributed by atoms with van der Waals surface area (Å²) in [5.41, 5.74) is 0.364. The lowest BCUT2D eigenvalue weighted by Crippen LogP contribution is -2.49. The van der Waals surface area contributed by atoms with Crippen LogP contribution in [0.15, 0.2) is 66.2 Å². The Morgan fingerprint density at radius 1 is 1.15 bits per heavy atom. The van der Waals surface area contributed by atoms with Gasteiger partial charge in [-0.1, -0.05) is 18.2 Å². The Bertz CT molecular complexity index is 908. The van der Waals surface area contributed by atoms with E-state index < -0.39 is 10.0 Å². The standard InChI is InChI=1S/C19H22N4O3S/c1-2-9-21-27(25,26)17-7-5-6-16(15-17)19(24)23-13-11-22(12-14-23)18-8-3-4-10-20-18/h2-8,10,15,21H,1,9,11-14H2. The van der Waals surface area contributed by atoms with E-state index in [0.717, 1.165) is 5.82 Å². The van der Waals surface area contributed by atoms with Crippen LogP contribution in [0.1, 0.15) is 10.4 Å². The number of aromatic nitrogens is 1. The molecule has 0 bridgehead atoms. The molecule has 8 heteroatoms. The molecular formula is C19H22N4O3S. The van der Waals surface area contributed by atoms with Crippen LogP contribution in [-0.4, -0.2) is 56.9 Å². The van der Waals surface area contributed by atoms with Crippen molar-refractivity contribution in [3.63, 3.8) is 0 Å². The molecule has 0 radical (unpaired) electrons. The lowest BCUT2D eigenvalue weighted by Gasteiger charge is -2.35. The molecule has 7 nitrogen and oxygen atoms in total. The minimum Gasteiger partial charge on any atom is -0.353 e. The van der Waals surface area contributed by atoms with E-state index in [2.05, 4.69) is 21.2 Å². The summed E-state index contributed by atoms with van der Waals surface area (Å²) in [4.78, 5) is 21.1. The largest absolute Gasteiger partial charge is 0.353 e. The number of hydrogen-bond donors (Lipinski definition) is 1. The fourth-order valence-corrected chi connectivity index (χ4v) is 3.95. The molecule has 3 rings (SSSR count). The number of benzene rings is 1. The summed E-state index contributed by atoms with van der Waals surface area (Å²) >= 11 is 0. The third-order valence-electron chi connectivity index (χ3n) is 4.35. The first kappa shape index (κ1) is 19.1. The predicted molar refractivity (Wildman–Crippen MR) is 104 cm³/mol. The first-order valence-electron chi connectivity index (χ1n) is 8.67. The first-order chi connectivity index (χ1) is 13.0. The zero-order chi connectivity index (χ0) is 19.3. The van der Waals surface area contributed by atoms with E-state index in [9.17, 15) is 13.2 Å². The van der Waals surface area contributed by atoms with Gasteiger partial charge >= 0.3 is 0 Å². The molecule has 1 aliphatic rings. The second-order valence-electron chi connectivity index (χ2n) is 6.14. The molecule has 1 amide bonds. The SMILES string of the molecule is C=CCNS(=O)(=O)c1cccc(C(=O)N2CCN(c3ccccn3)CC2)c1. The summed E-state index contributed by atoms with van der Waals surface area (Å²) < 4.78 is 26.9. The lowest BCUT2D eigenvalue weighted by molar-refractivity contribution is 0.0746. The van der Waals surface area contributed by atoms with Gasteiger partial charge in [-0.2, -0.15) is 0 Å². The van der Waals surface area contributed by atoms with E-state index >= 15 is 0 Å². The van der Waals surface area contributed by atoms with E-state index in [-0.39, 0.29) is 17.3 Å². The van der Waals surface area contributed by atoms with Crippen LogP contribution in [0.5, 0.6) is 0 Å². The molecule has 1 aliphatic heterocycles. The van der Waals surface area contributed by atoms with Gasteiger partial charge in [0.2, 0.25) is 10.0 Å². The van der Waals surface area contributed by atoms with Crippen LogP contribution in [0.2, 0.25) is 0 Å². The highest BCUT2D eigenvalue weighted by Gasteiger charge is 2.24. The Labute approximate surface area is 159 Å². The number of rotatable bonds is 6. The molecule has 0 aliphatic carbocycles. The Morgan fingerprint density at radius 2 is 1.93 bits per heavy atom. The number of carbonyl (C=O) groups excluding carboxylic acids is 1. The van der Waals surface area contributed by atoms with E-state index in [1.807, 2.05) is 18.2 Å². The normalized spacial score (nSPS) is 14.8. The van der Waals surface area contributed by atoms with Crippen molar-refractivity contribution in [1.82, 2.24) is 14.6 Å². The van der Waals surface area contributed by atoms with Crippen LogP contribution < -0.4 is 9.62 Å². The maximum Gasteiger partial charge on any atom is 0.254 e. The molecule has 0 saturated carbocycles. The number of nitrogens with one attached hydrogen (secondary N) is 1. The maximum absolute atomic E-state index is 12.8. The average molecular weight is 386 g/mol. The molecule has 142 valence electrons. The van der Waals surface area contributed by atoms with E-state index in [4.69, 9.17) is 0 Å². The van der Waals surface area contributed by atoms with Gasteiger partial charge in [-0.25, -0.2) is 18.1 Å². The van der Waals surface area contributed by atoms with Crippen molar-refractivity contribution in [3.8, 4) is 0 Å². The van der Waals surface area contributed by atoms with Crippen molar-refractivity contribution >= 4 is 21.7 Å². The third kappa shape index (κ3) is 4.53. The molecule has 0 spiro atoms. The van der Waals surface area contributed by atoms with Gasteiger partial charge in [-0.05, 0) is 30.3 Å². The molecule has 1 aromatic carbocycles. The maximum atomic E-state index is 12.8. The highest BCUT2D eigenvalue weighted by atomic mass is 32.2. The third-order valence-corrected chi connectivity index (χ3v) is 5.77. The molecule has 1 N–H and O–H groups in total. The fourth-order valence-electron chi connectivity index (χ4n) is 2.91. The van der Waals surface area contributed by atoms with Crippen molar-refractivity contribution in [1.29, 1.82) is 0 Å². The summed E-state index contributed by atoms with van der Waals surface area (Å²) in [5, 5.41) is 0. The molecular weight excluding hydrogens is 364 g/mol. The predicted octanol–water partition coefficient (Wildman–Crippen LogP) is 1.51. The lowest BCUT2D eigenvalue weighted by atomic mass is 10.2. The fraction of sp³-hybridized carbons (Fsp3) is 0.263. The summed E-state index contributed by atoms with van der Waals surface area (Å²) in [7, 11) is -3.66. The molecule has 2 heterocycles. The van der Waals surface area contributed by atoms with Gasteiger partial charge in [-0.15, -0.1) is 6.58 Å². The van der Waals surface area contributed by atoms with Gasteiger partial charge in [0.25, 0.3) is 5.91 Å². The molecule has 1 aromatic heterocycles. The molecule has 2 aromatic rings. The Hall–Kier alpha value is -2.71. The van der Waals surface area contributed by atoms with Crippen LogP contribution in [0, 0.1) is 0 Å². The van der Waals surface area contributed by atoms with Gasteiger partial charge in [0, 0.05) is 44.5 Å². The van der Waals surface area contributed by atoms with Crippen molar-refractivity contribution in [2.75, 3.05) is 37.6 Å². The summed E-state index contributed by atoms with van der Waals surface area (Å²) in [5.74, 6) is 0.724. The van der Waals surface area contributed by atoms with Crippen LogP contribution in [0.3, 0.4) is 0 Å². The zero-order valence-corrected chi connectivity index (χ0v) is 15.7. The number of nitrogens with zero attached hydrogens (tertiary/aromatic N) is 3. The monoisotopic (exact) mass is 386 g/mol. The first-order valence-corrected chi connectivity index (χ1v) is 10.2. The molecule has 1 saturated heterocycles. The molecule has 1 fully saturated rings. The summed E-state index contributed by atoms with van der Waals surface area (Å²) in [6.07, 6.45) is 3.22. The second-order valence-corrected chi connectivity index (χ2v) is 7.90. The number of hydrogen-bond acceptors (Lipinski definition) is 5. The van der Waals surface area contributed by atoms with Gasteiger partial charge in [-0.3, -0.25) is 4.79 Å². The number of anilines is 1. The highest BCUT2D eigenvalue weighted by molar-refractivity contribution is 7.89. The number of amides is 1. The number of piperazine rings is 1. The summed E-state index contributed by atoms with van der Waals surface area (Å²) in [6.45, 7) is 6.11. The summed E-state index contributed by atoms with van der Waals surface area (Å²) in [6, 6.07) is 11.9. The smallest absolute Gasteiger partial charge is 0.254 e. The van der Waals surface area contributed by atoms with Gasteiger partial charge in [0.15, 0.2) is 0 Å². The van der Waals surface area contributed by atoms with Crippen LogP contribution in [-0.2, 0) is 10.0 Å². The van der Waals surface area contributed by atoms with Crippen LogP contribution in [0.25, 0.3) is 0 Å². The topological polar surface area (TPSA) is 82.6 Å². The van der Waals surface area contributed by atoms with Crippen molar-refractivity contribution in [2.45, 2.75) is 4.90 Å². The Morgan fingerprint density at radius 3 is 2.59 bits per heavy atom. The average Bonchev–Trinajstić information content (AvgIpc) is 2.72. The number of carbonyl (C=O) groups is 1. The Balaban J connectivity index is 1.68. The highest BCUT2D eigenvalue weighted by Crippen LogP contribution is 2.17. The van der Waals surface area contributed by atoms with Crippen molar-refractivity contribution < 1.29 is 13.2 Å². The second kappa shape index (κ2) is 8.32. The molecule has 27 heavy (non-hydrogen) atoms. The Kier molecular flexibility index (Phi) is 5.88. The van der Waals surface area contributed by atoms with E-state index in [0.29, 0.717) is 31.7 Å². The quantitative estimate of drug-likeness (QED) is 0.761. The van der Waals surface area contributed by atoms with E-state index in [1.54, 1.807) is 23.2 Å². The molecule has 0 unspecified atom stereocenters. The van der Waals surface area contributed by atoms with Gasteiger partial charge in [0.05, 0.1) is 4.90 Å². The number of pyridine rings is 1. The minimum atomic E-state index is -3.66. The van der Waals surface area contributed by atoms with Crippen LogP contribution >= 0.6 is 0 Å².